The molecule has 1 aliphatic heterocycles. The van der Waals surface area contributed by atoms with Crippen molar-refractivity contribution in [3.8, 4) is 16.8 Å². The van der Waals surface area contributed by atoms with Crippen molar-refractivity contribution < 1.29 is 9.53 Å². The minimum absolute atomic E-state index is 0.00719. The van der Waals surface area contributed by atoms with Crippen molar-refractivity contribution in [1.29, 1.82) is 0 Å². The lowest BCUT2D eigenvalue weighted by molar-refractivity contribution is 0.0904. The number of aromatic nitrogens is 3. The third-order valence-electron chi connectivity index (χ3n) is 5.89. The molecule has 0 radical (unpaired) electrons. The second-order valence-electron chi connectivity index (χ2n) is 8.41. The number of rotatable bonds is 6. The van der Waals surface area contributed by atoms with Crippen molar-refractivity contribution in [3.63, 3.8) is 0 Å². The number of benzene rings is 1. The lowest BCUT2D eigenvalue weighted by Gasteiger charge is -2.24. The molecule has 1 amide bonds. The van der Waals surface area contributed by atoms with Crippen LogP contribution >= 0.6 is 0 Å². The Morgan fingerprint density at radius 2 is 1.90 bits per heavy atom. The number of hydrogen-bond acceptors (Lipinski definition) is 5. The number of amides is 1. The second kappa shape index (κ2) is 8.51. The number of anilines is 1. The van der Waals surface area contributed by atoms with Crippen LogP contribution in [0.1, 0.15) is 41.6 Å². The highest BCUT2D eigenvalue weighted by atomic mass is 16.5. The molecule has 0 unspecified atom stereocenters. The summed E-state index contributed by atoms with van der Waals surface area (Å²) < 4.78 is 7.26. The summed E-state index contributed by atoms with van der Waals surface area (Å²) in [5, 5.41) is 11.2. The van der Waals surface area contributed by atoms with Crippen LogP contribution in [-0.2, 0) is 4.74 Å². The normalized spacial score (nSPS) is 16.8. The minimum Gasteiger partial charge on any atom is -0.381 e. The largest absolute Gasteiger partial charge is 0.381 e. The van der Waals surface area contributed by atoms with Gasteiger partial charge in [-0.2, -0.15) is 5.10 Å². The Labute approximate surface area is 181 Å². The lowest BCUT2D eigenvalue weighted by Crippen LogP contribution is -2.27. The van der Waals surface area contributed by atoms with Gasteiger partial charge in [-0.05, 0) is 61.9 Å². The molecule has 0 bridgehead atoms. The zero-order chi connectivity index (χ0) is 21.2. The number of ether oxygens (including phenoxy) is 1. The SMILES string of the molecule is Cc1ccc(C(=O)NC2CC2)cc1-c1cnn(-c2cncc(NC3CCOCC3)c2)c1. The van der Waals surface area contributed by atoms with E-state index in [2.05, 4.69) is 33.7 Å². The smallest absolute Gasteiger partial charge is 0.251 e. The van der Waals surface area contributed by atoms with E-state index >= 15 is 0 Å². The van der Waals surface area contributed by atoms with E-state index in [-0.39, 0.29) is 5.91 Å². The molecule has 1 saturated carbocycles. The van der Waals surface area contributed by atoms with Gasteiger partial charge in [0.05, 0.1) is 30.0 Å². The van der Waals surface area contributed by atoms with Gasteiger partial charge in [-0.25, -0.2) is 4.68 Å². The van der Waals surface area contributed by atoms with E-state index in [9.17, 15) is 4.79 Å². The van der Waals surface area contributed by atoms with Gasteiger partial charge in [0.25, 0.3) is 5.91 Å². The molecular weight excluding hydrogens is 390 g/mol. The average Bonchev–Trinajstić information content (AvgIpc) is 3.46. The first-order chi connectivity index (χ1) is 15.2. The number of hydrogen-bond donors (Lipinski definition) is 2. The first-order valence-corrected chi connectivity index (χ1v) is 10.9. The summed E-state index contributed by atoms with van der Waals surface area (Å²) >= 11 is 0. The van der Waals surface area contributed by atoms with Gasteiger partial charge < -0.3 is 15.4 Å². The highest BCUT2D eigenvalue weighted by molar-refractivity contribution is 5.96. The fraction of sp³-hybridized carbons (Fsp3) is 0.375. The highest BCUT2D eigenvalue weighted by Crippen LogP contribution is 2.27. The Bertz CT molecular complexity index is 1080. The van der Waals surface area contributed by atoms with Gasteiger partial charge >= 0.3 is 0 Å². The molecule has 2 N–H and O–H groups in total. The Hall–Kier alpha value is -3.19. The van der Waals surface area contributed by atoms with Crippen LogP contribution in [0, 0.1) is 6.92 Å². The molecule has 31 heavy (non-hydrogen) atoms. The van der Waals surface area contributed by atoms with Crippen LogP contribution in [0.25, 0.3) is 16.8 Å². The molecule has 3 aromatic rings. The summed E-state index contributed by atoms with van der Waals surface area (Å²) in [5.74, 6) is -0.00719. The number of carbonyl (C=O) groups is 1. The topological polar surface area (TPSA) is 81.1 Å². The summed E-state index contributed by atoms with van der Waals surface area (Å²) in [7, 11) is 0. The summed E-state index contributed by atoms with van der Waals surface area (Å²) in [5.41, 5.74) is 5.65. The van der Waals surface area contributed by atoms with E-state index in [1.54, 1.807) is 6.20 Å². The van der Waals surface area contributed by atoms with E-state index in [1.807, 2.05) is 41.5 Å². The third kappa shape index (κ3) is 4.61. The van der Waals surface area contributed by atoms with Crippen LogP contribution in [0.15, 0.2) is 49.1 Å². The molecular formula is C24H27N5O2. The van der Waals surface area contributed by atoms with Crippen molar-refractivity contribution in [2.75, 3.05) is 18.5 Å². The molecule has 2 aromatic heterocycles. The first-order valence-electron chi connectivity index (χ1n) is 10.9. The zero-order valence-corrected chi connectivity index (χ0v) is 17.7. The predicted molar refractivity (Wildman–Crippen MR) is 119 cm³/mol. The highest BCUT2D eigenvalue weighted by Gasteiger charge is 2.24. The van der Waals surface area contributed by atoms with Crippen molar-refractivity contribution in [2.45, 2.75) is 44.7 Å². The van der Waals surface area contributed by atoms with Gasteiger partial charge in [0.2, 0.25) is 0 Å². The fourth-order valence-corrected chi connectivity index (χ4v) is 3.88. The Morgan fingerprint density at radius 1 is 1.06 bits per heavy atom. The quantitative estimate of drug-likeness (QED) is 0.639. The van der Waals surface area contributed by atoms with Crippen molar-refractivity contribution >= 4 is 11.6 Å². The number of nitrogens with one attached hydrogen (secondary N) is 2. The third-order valence-corrected chi connectivity index (χ3v) is 5.89. The number of aryl methyl sites for hydroxylation is 1. The van der Waals surface area contributed by atoms with E-state index < -0.39 is 0 Å². The molecule has 3 heterocycles. The van der Waals surface area contributed by atoms with E-state index in [4.69, 9.17) is 4.74 Å². The maximum Gasteiger partial charge on any atom is 0.251 e. The molecule has 160 valence electrons. The fourth-order valence-electron chi connectivity index (χ4n) is 3.88. The summed E-state index contributed by atoms with van der Waals surface area (Å²) in [6.45, 7) is 3.64. The maximum absolute atomic E-state index is 12.5. The maximum atomic E-state index is 12.5. The van der Waals surface area contributed by atoms with Crippen LogP contribution < -0.4 is 10.6 Å². The lowest BCUT2D eigenvalue weighted by atomic mass is 10.0. The summed E-state index contributed by atoms with van der Waals surface area (Å²) in [6.07, 6.45) is 11.6. The number of carbonyl (C=O) groups excluding carboxylic acids is 1. The number of pyridine rings is 1. The van der Waals surface area contributed by atoms with E-state index in [0.717, 1.165) is 67.0 Å². The first kappa shape index (κ1) is 19.8. The molecule has 1 saturated heterocycles. The summed E-state index contributed by atoms with van der Waals surface area (Å²) in [4.78, 5) is 16.9. The van der Waals surface area contributed by atoms with Crippen LogP contribution in [0.2, 0.25) is 0 Å². The van der Waals surface area contributed by atoms with Gasteiger partial charge in [0, 0.05) is 42.6 Å². The van der Waals surface area contributed by atoms with Crippen LogP contribution in [0.5, 0.6) is 0 Å². The van der Waals surface area contributed by atoms with Gasteiger partial charge in [-0.3, -0.25) is 9.78 Å². The average molecular weight is 418 g/mol. The van der Waals surface area contributed by atoms with Crippen molar-refractivity contribution in [2.24, 2.45) is 0 Å². The molecule has 2 aliphatic rings. The predicted octanol–water partition coefficient (Wildman–Crippen LogP) is 3.73. The molecule has 7 heteroatoms. The summed E-state index contributed by atoms with van der Waals surface area (Å²) in [6, 6.07) is 8.65. The molecule has 2 fully saturated rings. The molecule has 1 aliphatic carbocycles. The monoisotopic (exact) mass is 417 g/mol. The van der Waals surface area contributed by atoms with Crippen molar-refractivity contribution in [1.82, 2.24) is 20.1 Å². The molecule has 0 atom stereocenters. The van der Waals surface area contributed by atoms with E-state index in [1.165, 1.54) is 0 Å². The molecule has 7 nitrogen and oxygen atoms in total. The van der Waals surface area contributed by atoms with Crippen LogP contribution in [0.4, 0.5) is 5.69 Å². The van der Waals surface area contributed by atoms with E-state index in [0.29, 0.717) is 17.6 Å². The van der Waals surface area contributed by atoms with Gasteiger partial charge in [-0.15, -0.1) is 0 Å². The van der Waals surface area contributed by atoms with Crippen LogP contribution in [-0.4, -0.2) is 46.0 Å². The Kier molecular flexibility index (Phi) is 5.42. The number of nitrogens with zero attached hydrogens (tertiary/aromatic N) is 3. The molecule has 5 rings (SSSR count). The Morgan fingerprint density at radius 3 is 2.71 bits per heavy atom. The molecule has 0 spiro atoms. The minimum atomic E-state index is -0.00719. The molecule has 1 aromatic carbocycles. The van der Waals surface area contributed by atoms with Gasteiger partial charge in [0.15, 0.2) is 0 Å². The van der Waals surface area contributed by atoms with Gasteiger partial charge in [0.1, 0.15) is 0 Å². The zero-order valence-electron chi connectivity index (χ0n) is 17.7. The van der Waals surface area contributed by atoms with Gasteiger partial charge in [-0.1, -0.05) is 6.07 Å². The standard InChI is InChI=1S/C24H27N5O2/c1-16-2-3-17(24(30)28-19-4-5-19)10-23(16)18-12-26-29(15-18)22-11-21(13-25-14-22)27-20-6-8-31-9-7-20/h2-3,10-15,19-20,27H,4-9H2,1H3,(H,28,30). The van der Waals surface area contributed by atoms with Crippen LogP contribution in [0.3, 0.4) is 0 Å². The second-order valence-corrected chi connectivity index (χ2v) is 8.41. The van der Waals surface area contributed by atoms with Crippen molar-refractivity contribution in [3.05, 3.63) is 60.2 Å². The Balaban J connectivity index is 1.36.